The molecule has 0 aliphatic heterocycles. The standard InChI is InChI=1S/C13H9Cl3FN/c14-10-4-2-8(17)6-9(10)13(18)7-1-3-11(15)12(16)5-7/h1-6,13H,18H2. The maximum absolute atomic E-state index is 13.2. The van der Waals surface area contributed by atoms with Crippen molar-refractivity contribution in [3.05, 3.63) is 68.4 Å². The molecular weight excluding hydrogens is 296 g/mol. The molecular formula is C13H9Cl3FN. The monoisotopic (exact) mass is 303 g/mol. The lowest BCUT2D eigenvalue weighted by Gasteiger charge is -2.15. The summed E-state index contributed by atoms with van der Waals surface area (Å²) >= 11 is 17.8. The van der Waals surface area contributed by atoms with Crippen molar-refractivity contribution >= 4 is 34.8 Å². The quantitative estimate of drug-likeness (QED) is 0.844. The number of rotatable bonds is 2. The van der Waals surface area contributed by atoms with E-state index in [-0.39, 0.29) is 5.82 Å². The Labute approximate surface area is 119 Å². The van der Waals surface area contributed by atoms with Crippen molar-refractivity contribution in [2.75, 3.05) is 0 Å². The molecule has 1 unspecified atom stereocenters. The van der Waals surface area contributed by atoms with Crippen LogP contribution in [-0.2, 0) is 0 Å². The summed E-state index contributed by atoms with van der Waals surface area (Å²) in [5, 5.41) is 1.25. The molecule has 0 aliphatic rings. The first kappa shape index (κ1) is 13.6. The summed E-state index contributed by atoms with van der Waals surface area (Å²) in [4.78, 5) is 0. The van der Waals surface area contributed by atoms with E-state index in [1.165, 1.54) is 18.2 Å². The van der Waals surface area contributed by atoms with Crippen molar-refractivity contribution in [1.82, 2.24) is 0 Å². The van der Waals surface area contributed by atoms with E-state index in [9.17, 15) is 4.39 Å². The van der Waals surface area contributed by atoms with Gasteiger partial charge in [-0.05, 0) is 41.5 Å². The molecule has 0 saturated carbocycles. The van der Waals surface area contributed by atoms with Crippen LogP contribution in [0.2, 0.25) is 15.1 Å². The Bertz CT molecular complexity index is 586. The molecule has 0 fully saturated rings. The molecule has 2 rings (SSSR count). The molecule has 1 nitrogen and oxygen atoms in total. The van der Waals surface area contributed by atoms with Crippen molar-refractivity contribution in [3.8, 4) is 0 Å². The first-order chi connectivity index (χ1) is 8.49. The third-order valence-corrected chi connectivity index (χ3v) is 3.68. The molecule has 0 radical (unpaired) electrons. The van der Waals surface area contributed by atoms with Gasteiger partial charge in [0.05, 0.1) is 16.1 Å². The molecule has 18 heavy (non-hydrogen) atoms. The number of hydrogen-bond donors (Lipinski definition) is 1. The van der Waals surface area contributed by atoms with E-state index >= 15 is 0 Å². The van der Waals surface area contributed by atoms with Gasteiger partial charge in [0.1, 0.15) is 5.82 Å². The fraction of sp³-hybridized carbons (Fsp3) is 0.0769. The minimum atomic E-state index is -0.553. The van der Waals surface area contributed by atoms with Crippen molar-refractivity contribution in [2.24, 2.45) is 5.73 Å². The first-order valence-corrected chi connectivity index (χ1v) is 6.28. The van der Waals surface area contributed by atoms with Gasteiger partial charge in [0, 0.05) is 5.02 Å². The minimum absolute atomic E-state index is 0.384. The zero-order valence-corrected chi connectivity index (χ0v) is 11.4. The lowest BCUT2D eigenvalue weighted by atomic mass is 9.99. The van der Waals surface area contributed by atoms with Crippen molar-refractivity contribution < 1.29 is 4.39 Å². The molecule has 0 aromatic heterocycles. The zero-order chi connectivity index (χ0) is 13.3. The second-order valence-electron chi connectivity index (χ2n) is 3.82. The van der Waals surface area contributed by atoms with Gasteiger partial charge in [-0.15, -0.1) is 0 Å². The molecule has 0 saturated heterocycles. The third-order valence-electron chi connectivity index (χ3n) is 2.60. The molecule has 0 amide bonds. The van der Waals surface area contributed by atoms with Gasteiger partial charge in [-0.2, -0.15) is 0 Å². The molecule has 0 spiro atoms. The Morgan fingerprint density at radius 2 is 1.56 bits per heavy atom. The summed E-state index contributed by atoms with van der Waals surface area (Å²) in [5.41, 5.74) is 7.28. The van der Waals surface area contributed by atoms with Crippen LogP contribution in [0.5, 0.6) is 0 Å². The summed E-state index contributed by atoms with van der Waals surface area (Å²) in [6, 6.07) is 8.55. The van der Waals surface area contributed by atoms with E-state index in [0.717, 1.165) is 5.56 Å². The first-order valence-electron chi connectivity index (χ1n) is 5.14. The summed E-state index contributed by atoms with van der Waals surface area (Å²) in [6.45, 7) is 0. The van der Waals surface area contributed by atoms with Crippen LogP contribution in [0.15, 0.2) is 36.4 Å². The van der Waals surface area contributed by atoms with E-state index in [1.54, 1.807) is 18.2 Å². The van der Waals surface area contributed by atoms with E-state index < -0.39 is 6.04 Å². The Kier molecular flexibility index (Phi) is 4.13. The predicted octanol–water partition coefficient (Wildman–Crippen LogP) is 4.83. The SMILES string of the molecule is NC(c1ccc(Cl)c(Cl)c1)c1cc(F)ccc1Cl. The molecule has 2 N–H and O–H groups in total. The molecule has 2 aromatic carbocycles. The summed E-state index contributed by atoms with van der Waals surface area (Å²) in [6.07, 6.45) is 0. The van der Waals surface area contributed by atoms with Crippen molar-refractivity contribution in [2.45, 2.75) is 6.04 Å². The maximum Gasteiger partial charge on any atom is 0.123 e. The molecule has 1 atom stereocenters. The van der Waals surface area contributed by atoms with Crippen LogP contribution in [0.4, 0.5) is 4.39 Å². The highest BCUT2D eigenvalue weighted by Gasteiger charge is 2.14. The third kappa shape index (κ3) is 2.78. The molecule has 0 bridgehead atoms. The Balaban J connectivity index is 2.44. The van der Waals surface area contributed by atoms with Crippen LogP contribution in [0.3, 0.4) is 0 Å². The van der Waals surface area contributed by atoms with E-state index in [2.05, 4.69) is 0 Å². The van der Waals surface area contributed by atoms with Gasteiger partial charge in [-0.25, -0.2) is 4.39 Å². The summed E-state index contributed by atoms with van der Waals surface area (Å²) in [7, 11) is 0. The van der Waals surface area contributed by atoms with Crippen LogP contribution in [0.1, 0.15) is 17.2 Å². The van der Waals surface area contributed by atoms with Crippen LogP contribution in [0.25, 0.3) is 0 Å². The van der Waals surface area contributed by atoms with E-state index in [1.807, 2.05) is 0 Å². The van der Waals surface area contributed by atoms with Crippen LogP contribution in [-0.4, -0.2) is 0 Å². The highest BCUT2D eigenvalue weighted by atomic mass is 35.5. The maximum atomic E-state index is 13.2. The Morgan fingerprint density at radius 3 is 2.22 bits per heavy atom. The van der Waals surface area contributed by atoms with Gasteiger partial charge in [-0.1, -0.05) is 40.9 Å². The smallest absolute Gasteiger partial charge is 0.123 e. The average molecular weight is 305 g/mol. The Morgan fingerprint density at radius 1 is 0.889 bits per heavy atom. The van der Waals surface area contributed by atoms with Crippen LogP contribution < -0.4 is 5.73 Å². The van der Waals surface area contributed by atoms with Gasteiger partial charge in [0.25, 0.3) is 0 Å². The number of hydrogen-bond acceptors (Lipinski definition) is 1. The van der Waals surface area contributed by atoms with Crippen LogP contribution in [0, 0.1) is 5.82 Å². The fourth-order valence-corrected chi connectivity index (χ4v) is 2.18. The average Bonchev–Trinajstić information content (AvgIpc) is 2.35. The van der Waals surface area contributed by atoms with Gasteiger partial charge < -0.3 is 5.73 Å². The predicted molar refractivity (Wildman–Crippen MR) is 73.9 cm³/mol. The van der Waals surface area contributed by atoms with Gasteiger partial charge in [-0.3, -0.25) is 0 Å². The number of halogens is 4. The van der Waals surface area contributed by atoms with Gasteiger partial charge in [0.2, 0.25) is 0 Å². The lowest BCUT2D eigenvalue weighted by molar-refractivity contribution is 0.623. The normalized spacial score (nSPS) is 12.5. The molecule has 94 valence electrons. The zero-order valence-electron chi connectivity index (χ0n) is 9.13. The molecule has 0 heterocycles. The largest absolute Gasteiger partial charge is 0.320 e. The highest BCUT2D eigenvalue weighted by Crippen LogP contribution is 2.30. The second-order valence-corrected chi connectivity index (χ2v) is 5.04. The number of benzene rings is 2. The summed E-state index contributed by atoms with van der Waals surface area (Å²) < 4.78 is 13.2. The highest BCUT2D eigenvalue weighted by molar-refractivity contribution is 6.42. The fourth-order valence-electron chi connectivity index (χ4n) is 1.64. The summed E-state index contributed by atoms with van der Waals surface area (Å²) in [5.74, 6) is -0.384. The van der Waals surface area contributed by atoms with Crippen LogP contribution >= 0.6 is 34.8 Å². The second kappa shape index (κ2) is 5.45. The van der Waals surface area contributed by atoms with E-state index in [4.69, 9.17) is 40.5 Å². The van der Waals surface area contributed by atoms with Gasteiger partial charge >= 0.3 is 0 Å². The minimum Gasteiger partial charge on any atom is -0.320 e. The number of nitrogens with two attached hydrogens (primary N) is 1. The van der Waals surface area contributed by atoms with Gasteiger partial charge in [0.15, 0.2) is 0 Å². The van der Waals surface area contributed by atoms with Crippen molar-refractivity contribution in [1.29, 1.82) is 0 Å². The Hall–Kier alpha value is -0.800. The van der Waals surface area contributed by atoms with E-state index in [0.29, 0.717) is 20.6 Å². The molecule has 5 heteroatoms. The topological polar surface area (TPSA) is 26.0 Å². The molecule has 0 aliphatic carbocycles. The van der Waals surface area contributed by atoms with Crippen molar-refractivity contribution in [3.63, 3.8) is 0 Å². The lowest BCUT2D eigenvalue weighted by Crippen LogP contribution is -2.12. The molecule has 2 aromatic rings.